The lowest BCUT2D eigenvalue weighted by atomic mass is 9.93. The maximum atomic E-state index is 12.0. The number of rotatable bonds is 4. The van der Waals surface area contributed by atoms with Crippen molar-refractivity contribution in [3.05, 3.63) is 0 Å². The Balaban J connectivity index is -0.0000000840. The summed E-state index contributed by atoms with van der Waals surface area (Å²) in [4.78, 5) is 44.1. The zero-order chi connectivity index (χ0) is 73.1. The van der Waals surface area contributed by atoms with Gasteiger partial charge in [0.25, 0.3) is 0 Å². The van der Waals surface area contributed by atoms with Crippen LogP contribution >= 0.6 is 7.82 Å². The first-order chi connectivity index (χ1) is 37.2. The SMILES string of the molecule is C.C.C.C.C.C.C.CC(C)(C)N1CCN(C(C)(C)C)C(=O)C1=O.CC(C)(C)N1CCN(C(C)(C)C)CC1.CC(C)(C)OP(=O)(O)OC(C)(C)C.CC(C)(C)OS(=O)(=O)OC(C)(C)C.CC(C)(C)S(=O)(=O)C(C)(C)C.CC(C)(C)[N+](C)(C)C(C)(C)C.CN(C(C)(C)C)C(C)(C)C. The standard InChI is InChI=1S/C12H22N2O2.C12H26N2.C10H24N.C9H21N.C8H19O4P.C8H18O4S.C8H18O2S.7CH4/c1-11(2,3)13-7-8-14(12(4,5)6)10(16)9(13)15;1-11(2,3)13-7-9-14(10-8-13)12(4,5)6;1-9(2,3)11(7,8)10(4,5)6;1-8(2,3)10(7)9(4,5)6;2*1-7(2,3)11-13(9,10)12-8(4,5)6;1-7(2,3)11(9,10)8(4,5)6;;;;;;;/h7-8H2,1-6H3;7-10H2,1-6H3;1-8H3;1-7H3;1-6H3,(H,9,10);1-6H3;1-6H3;7*1H4/q;;+1;;;;;;;;;;;. The normalized spacial score (nSPS) is 15.7. The third kappa shape index (κ3) is 51.5. The molecule has 1 N–H and O–H groups in total. The van der Waals surface area contributed by atoms with Crippen molar-refractivity contribution in [3.63, 3.8) is 0 Å². The molecule has 2 amide bonds. The summed E-state index contributed by atoms with van der Waals surface area (Å²) in [7, 11) is -4.10. The molecule has 0 aliphatic carbocycles. The molecule has 2 saturated heterocycles. The summed E-state index contributed by atoms with van der Waals surface area (Å²) in [5.41, 5.74) is -1.59. The molecule has 0 spiro atoms. The van der Waals surface area contributed by atoms with Crippen molar-refractivity contribution in [1.29, 1.82) is 0 Å². The van der Waals surface area contributed by atoms with Crippen molar-refractivity contribution >= 4 is 39.9 Å². The van der Waals surface area contributed by atoms with Crippen LogP contribution in [0.3, 0.4) is 0 Å². The van der Waals surface area contributed by atoms with Gasteiger partial charge in [0.2, 0.25) is 0 Å². The van der Waals surface area contributed by atoms with E-state index in [1.165, 1.54) is 26.2 Å². The molecule has 2 aliphatic rings. The van der Waals surface area contributed by atoms with Gasteiger partial charge in [0.1, 0.15) is 0 Å². The van der Waals surface area contributed by atoms with Crippen molar-refractivity contribution in [2.75, 3.05) is 60.4 Å². The van der Waals surface area contributed by atoms with Gasteiger partial charge in [-0.05, 0) is 298 Å². The van der Waals surface area contributed by atoms with Crippen molar-refractivity contribution in [1.82, 2.24) is 24.5 Å². The van der Waals surface area contributed by atoms with E-state index < -0.39 is 60.0 Å². The predicted octanol–water partition coefficient (Wildman–Crippen LogP) is 19.7. The van der Waals surface area contributed by atoms with Gasteiger partial charge < -0.3 is 19.2 Å². The van der Waals surface area contributed by atoms with Crippen molar-refractivity contribution < 1.29 is 57.8 Å². The molecule has 0 atom stereocenters. The quantitative estimate of drug-likeness (QED) is 0.159. The van der Waals surface area contributed by atoms with E-state index in [0.717, 1.165) is 4.48 Å². The Morgan fingerprint density at radius 3 is 0.674 bits per heavy atom. The molecule has 0 aromatic carbocycles. The minimum Gasteiger partial charge on any atom is -0.328 e. The van der Waals surface area contributed by atoms with E-state index in [4.69, 9.17) is 17.4 Å². The van der Waals surface area contributed by atoms with E-state index in [2.05, 4.69) is 160 Å². The molecule has 590 valence electrons. The highest BCUT2D eigenvalue weighted by atomic mass is 32.3. The van der Waals surface area contributed by atoms with Crippen LogP contribution in [0.5, 0.6) is 0 Å². The van der Waals surface area contributed by atoms with E-state index in [9.17, 15) is 35.9 Å². The van der Waals surface area contributed by atoms with Gasteiger partial charge >= 0.3 is 30.0 Å². The first kappa shape index (κ1) is 121. The summed E-state index contributed by atoms with van der Waals surface area (Å²) in [5, 5.41) is 0. The number of nitrogens with zero attached hydrogens (tertiary/aromatic N) is 6. The van der Waals surface area contributed by atoms with Crippen LogP contribution in [-0.2, 0) is 51.8 Å². The fraction of sp³-hybridized carbons (Fsp3) is 0.973. The Hall–Kier alpha value is -1.29. The lowest BCUT2D eigenvalue weighted by molar-refractivity contribution is -0.977. The van der Waals surface area contributed by atoms with E-state index in [0.29, 0.717) is 35.2 Å². The summed E-state index contributed by atoms with van der Waals surface area (Å²) in [6.07, 6.45) is 0. The molecule has 95 heavy (non-hydrogen) atoms. The highest BCUT2D eigenvalue weighted by molar-refractivity contribution is 7.94. The molecule has 0 unspecified atom stereocenters. The van der Waals surface area contributed by atoms with Crippen molar-refractivity contribution in [2.45, 2.75) is 419 Å². The molecule has 2 heterocycles. The van der Waals surface area contributed by atoms with E-state index in [1.54, 1.807) is 134 Å². The first-order valence-electron chi connectivity index (χ1n) is 31.6. The number of phosphoric ester groups is 1. The molecule has 0 bridgehead atoms. The van der Waals surface area contributed by atoms with Gasteiger partial charge in [0, 0.05) is 72.5 Å². The maximum absolute atomic E-state index is 12.0. The van der Waals surface area contributed by atoms with E-state index in [1.807, 2.05) is 41.5 Å². The summed E-state index contributed by atoms with van der Waals surface area (Å²) in [6.45, 7) is 89.2. The minimum atomic E-state index is -3.94. The van der Waals surface area contributed by atoms with Crippen LogP contribution in [0.4, 0.5) is 0 Å². The van der Waals surface area contributed by atoms with Crippen molar-refractivity contribution in [3.8, 4) is 0 Å². The number of phosphoric acid groups is 1. The smallest absolute Gasteiger partial charge is 0.328 e. The van der Waals surface area contributed by atoms with Gasteiger partial charge in [-0.15, -0.1) is 0 Å². The molecule has 2 fully saturated rings. The lowest BCUT2D eigenvalue weighted by Gasteiger charge is -2.51. The molecule has 18 nitrogen and oxygen atoms in total. The third-order valence-electron chi connectivity index (χ3n) is 14.5. The van der Waals surface area contributed by atoms with Gasteiger partial charge in [-0.3, -0.25) is 33.3 Å². The molecule has 0 radical (unpaired) electrons. The van der Waals surface area contributed by atoms with E-state index in [-0.39, 0.29) is 86.0 Å². The van der Waals surface area contributed by atoms with Gasteiger partial charge in [-0.25, -0.2) is 21.3 Å². The van der Waals surface area contributed by atoms with Crippen LogP contribution in [0.2, 0.25) is 0 Å². The van der Waals surface area contributed by atoms with Crippen LogP contribution in [0.1, 0.15) is 343 Å². The summed E-state index contributed by atoms with van der Waals surface area (Å²) in [5.74, 6) is -0.762. The highest BCUT2D eigenvalue weighted by Crippen LogP contribution is 2.50. The second-order valence-electron chi connectivity index (χ2n) is 37.7. The molecule has 0 aromatic heterocycles. The largest absolute Gasteiger partial charge is 0.473 e. The number of sulfone groups is 1. The molecule has 0 aromatic rings. The number of piperazine rings is 2. The number of hydrogen-bond donors (Lipinski definition) is 1. The van der Waals surface area contributed by atoms with Gasteiger partial charge in [0.05, 0.1) is 57.1 Å². The Bertz CT molecular complexity index is 2210. The highest BCUT2D eigenvalue weighted by Gasteiger charge is 2.44. The predicted molar refractivity (Wildman–Crippen MR) is 422 cm³/mol. The summed E-state index contributed by atoms with van der Waals surface area (Å²) >= 11 is 0. The fourth-order valence-corrected chi connectivity index (χ4v) is 12.8. The number of amides is 2. The van der Waals surface area contributed by atoms with Crippen LogP contribution in [0.25, 0.3) is 0 Å². The van der Waals surface area contributed by atoms with Crippen molar-refractivity contribution in [2.24, 2.45) is 0 Å². The fourth-order valence-electron chi connectivity index (χ4n) is 8.23. The Morgan fingerprint density at radius 1 is 0.379 bits per heavy atom. The summed E-state index contributed by atoms with van der Waals surface area (Å²) in [6, 6.07) is 0. The van der Waals surface area contributed by atoms with Crippen LogP contribution in [-0.4, -0.2) is 199 Å². The number of carbonyl (C=O) groups excluding carboxylic acids is 2. The molecule has 2 rings (SSSR count). The molecular formula is C74H176N6O12PS2+. The number of quaternary nitrogens is 1. The monoisotopic (exact) mass is 1440 g/mol. The molecule has 2 aliphatic heterocycles. The van der Waals surface area contributed by atoms with E-state index >= 15 is 0 Å². The Labute approximate surface area is 598 Å². The Kier molecular flexibility index (Phi) is 52.2. The lowest BCUT2D eigenvalue weighted by Crippen LogP contribution is -2.64. The Morgan fingerprint density at radius 2 is 0.579 bits per heavy atom. The average molecular weight is 1440 g/mol. The second kappa shape index (κ2) is 41.1. The number of hydrogen-bond acceptors (Lipinski definition) is 14. The summed E-state index contributed by atoms with van der Waals surface area (Å²) < 4.78 is 76.2. The van der Waals surface area contributed by atoms with Gasteiger partial charge in [-0.1, -0.05) is 52.0 Å². The molecule has 0 saturated carbocycles. The topological polar surface area (TPSA) is 193 Å². The molecular weight excluding hydrogens is 1260 g/mol. The number of carbonyl (C=O) groups is 2. The van der Waals surface area contributed by atoms with Crippen LogP contribution in [0.15, 0.2) is 0 Å². The average Bonchev–Trinajstić information content (AvgIpc) is 3.15. The zero-order valence-corrected chi connectivity index (χ0v) is 68.7. The van der Waals surface area contributed by atoms with Crippen LogP contribution < -0.4 is 0 Å². The second-order valence-corrected chi connectivity index (χ2v) is 43.6. The minimum absolute atomic E-state index is 0. The van der Waals surface area contributed by atoms with Crippen LogP contribution in [0, 0.1) is 0 Å². The third-order valence-corrected chi connectivity index (χ3v) is 20.7. The van der Waals surface area contributed by atoms with Gasteiger partial charge in [-0.2, -0.15) is 8.42 Å². The zero-order valence-electron chi connectivity index (χ0n) is 66.1. The molecule has 21 heteroatoms. The first-order valence-corrected chi connectivity index (χ1v) is 35.9. The maximum Gasteiger partial charge on any atom is 0.473 e. The van der Waals surface area contributed by atoms with Gasteiger partial charge in [0.15, 0.2) is 9.84 Å².